The van der Waals surface area contributed by atoms with Gasteiger partial charge in [0.15, 0.2) is 10.8 Å². The number of thioether (sulfide) groups is 1. The maximum atomic E-state index is 10.1. The van der Waals surface area contributed by atoms with Crippen LogP contribution in [0.25, 0.3) is 5.65 Å². The molecule has 72 valence electrons. The van der Waals surface area contributed by atoms with E-state index in [9.17, 15) is 4.79 Å². The fraction of sp³-hybridized carbons (Fsp3) is 0.222. The molecule has 0 unspecified atom stereocenters. The molecule has 0 aliphatic carbocycles. The van der Waals surface area contributed by atoms with E-state index in [1.165, 1.54) is 11.8 Å². The van der Waals surface area contributed by atoms with Crippen LogP contribution in [0.3, 0.4) is 0 Å². The number of aromatic nitrogens is 3. The summed E-state index contributed by atoms with van der Waals surface area (Å²) in [5.41, 5.74) is 0.834. The number of carbonyl (C=O) groups is 1. The van der Waals surface area contributed by atoms with Gasteiger partial charge in [0.25, 0.3) is 0 Å². The zero-order valence-electron chi connectivity index (χ0n) is 7.46. The van der Waals surface area contributed by atoms with Crippen LogP contribution in [0.1, 0.15) is 6.42 Å². The maximum absolute atomic E-state index is 10.1. The Bertz CT molecular complexity index is 440. The van der Waals surface area contributed by atoms with Crippen molar-refractivity contribution in [3.8, 4) is 0 Å². The molecule has 0 atom stereocenters. The van der Waals surface area contributed by atoms with Gasteiger partial charge in [0, 0.05) is 18.4 Å². The van der Waals surface area contributed by atoms with Gasteiger partial charge in [-0.1, -0.05) is 17.8 Å². The van der Waals surface area contributed by atoms with E-state index in [-0.39, 0.29) is 0 Å². The zero-order valence-corrected chi connectivity index (χ0v) is 8.28. The van der Waals surface area contributed by atoms with Crippen LogP contribution in [0.15, 0.2) is 29.6 Å². The molecule has 0 fully saturated rings. The number of rotatable bonds is 4. The van der Waals surface area contributed by atoms with Crippen molar-refractivity contribution in [1.29, 1.82) is 0 Å². The van der Waals surface area contributed by atoms with E-state index in [4.69, 9.17) is 0 Å². The number of hydrogen-bond acceptors (Lipinski definition) is 4. The highest BCUT2D eigenvalue weighted by Crippen LogP contribution is 2.16. The third kappa shape index (κ3) is 1.77. The zero-order chi connectivity index (χ0) is 9.80. The number of fused-ring (bicyclic) bond motifs is 1. The Morgan fingerprint density at radius 1 is 1.43 bits per heavy atom. The van der Waals surface area contributed by atoms with Gasteiger partial charge in [0.2, 0.25) is 0 Å². The molecule has 2 aromatic rings. The predicted octanol–water partition coefficient (Wildman–Crippen LogP) is 1.41. The molecule has 2 rings (SSSR count). The van der Waals surface area contributed by atoms with Crippen molar-refractivity contribution in [2.45, 2.75) is 11.6 Å². The predicted molar refractivity (Wildman–Crippen MR) is 54.4 cm³/mol. The van der Waals surface area contributed by atoms with Gasteiger partial charge in [-0.2, -0.15) is 0 Å². The van der Waals surface area contributed by atoms with E-state index < -0.39 is 0 Å². The Morgan fingerprint density at radius 3 is 3.21 bits per heavy atom. The highest BCUT2D eigenvalue weighted by molar-refractivity contribution is 7.99. The van der Waals surface area contributed by atoms with Crippen LogP contribution in [-0.2, 0) is 4.79 Å². The largest absolute Gasteiger partial charge is 0.303 e. The quantitative estimate of drug-likeness (QED) is 0.432. The van der Waals surface area contributed by atoms with Crippen LogP contribution < -0.4 is 0 Å². The van der Waals surface area contributed by atoms with Crippen molar-refractivity contribution in [3.63, 3.8) is 0 Å². The molecule has 0 radical (unpaired) electrons. The average Bonchev–Trinajstić information content (AvgIpc) is 2.63. The first kappa shape index (κ1) is 9.21. The fourth-order valence-corrected chi connectivity index (χ4v) is 1.90. The molecule has 0 aromatic carbocycles. The van der Waals surface area contributed by atoms with E-state index in [0.717, 1.165) is 22.8 Å². The van der Waals surface area contributed by atoms with E-state index >= 15 is 0 Å². The molecule has 0 saturated carbocycles. The second-order valence-electron chi connectivity index (χ2n) is 2.72. The van der Waals surface area contributed by atoms with Crippen LogP contribution in [0.2, 0.25) is 0 Å². The summed E-state index contributed by atoms with van der Waals surface area (Å²) in [6, 6.07) is 5.75. The molecule has 0 saturated heterocycles. The minimum Gasteiger partial charge on any atom is -0.303 e. The molecule has 0 amide bonds. The van der Waals surface area contributed by atoms with Crippen molar-refractivity contribution in [2.75, 3.05) is 5.75 Å². The number of hydrogen-bond donors (Lipinski definition) is 0. The van der Waals surface area contributed by atoms with E-state index in [2.05, 4.69) is 10.2 Å². The van der Waals surface area contributed by atoms with Crippen LogP contribution in [0.5, 0.6) is 0 Å². The van der Waals surface area contributed by atoms with Gasteiger partial charge in [-0.05, 0) is 12.1 Å². The van der Waals surface area contributed by atoms with Crippen molar-refractivity contribution in [2.24, 2.45) is 0 Å². The van der Waals surface area contributed by atoms with Crippen LogP contribution >= 0.6 is 11.8 Å². The highest BCUT2D eigenvalue weighted by atomic mass is 32.2. The Morgan fingerprint density at radius 2 is 2.36 bits per heavy atom. The van der Waals surface area contributed by atoms with Crippen molar-refractivity contribution >= 4 is 23.7 Å². The molecule has 4 nitrogen and oxygen atoms in total. The Balaban J connectivity index is 2.20. The van der Waals surface area contributed by atoms with Gasteiger partial charge in [-0.3, -0.25) is 4.40 Å². The van der Waals surface area contributed by atoms with Gasteiger partial charge in [-0.15, -0.1) is 10.2 Å². The third-order valence-corrected chi connectivity index (χ3v) is 2.73. The molecular weight excluding hydrogens is 198 g/mol. The number of aldehydes is 1. The molecule has 0 bridgehead atoms. The average molecular weight is 207 g/mol. The molecule has 5 heteroatoms. The molecule has 2 aromatic heterocycles. The molecule has 0 aliphatic heterocycles. The molecule has 0 spiro atoms. The lowest BCUT2D eigenvalue weighted by atomic mass is 10.5. The third-order valence-electron chi connectivity index (χ3n) is 1.75. The smallest absolute Gasteiger partial charge is 0.195 e. The Hall–Kier alpha value is -1.36. The highest BCUT2D eigenvalue weighted by Gasteiger charge is 2.03. The van der Waals surface area contributed by atoms with Gasteiger partial charge < -0.3 is 4.79 Å². The summed E-state index contributed by atoms with van der Waals surface area (Å²) in [4.78, 5) is 10.1. The monoisotopic (exact) mass is 207 g/mol. The van der Waals surface area contributed by atoms with Gasteiger partial charge in [-0.25, -0.2) is 0 Å². The summed E-state index contributed by atoms with van der Waals surface area (Å²) in [6.45, 7) is 0. The van der Waals surface area contributed by atoms with Gasteiger partial charge in [0.1, 0.15) is 6.29 Å². The second kappa shape index (κ2) is 4.23. The summed E-state index contributed by atoms with van der Waals surface area (Å²) in [7, 11) is 0. The first-order chi connectivity index (χ1) is 6.92. The van der Waals surface area contributed by atoms with Gasteiger partial charge >= 0.3 is 0 Å². The first-order valence-electron chi connectivity index (χ1n) is 4.28. The summed E-state index contributed by atoms with van der Waals surface area (Å²) in [5.74, 6) is 0.749. The van der Waals surface area contributed by atoms with Crippen molar-refractivity contribution < 1.29 is 4.79 Å². The lowest BCUT2D eigenvalue weighted by Crippen LogP contribution is -1.88. The molecule has 0 aliphatic rings. The summed E-state index contributed by atoms with van der Waals surface area (Å²) < 4.78 is 1.91. The SMILES string of the molecule is O=CCCSc1nnc2ccccn12. The summed E-state index contributed by atoms with van der Waals surface area (Å²) in [5, 5.41) is 8.86. The van der Waals surface area contributed by atoms with E-state index in [1.807, 2.05) is 28.8 Å². The Kier molecular flexibility index (Phi) is 2.78. The van der Waals surface area contributed by atoms with Crippen LogP contribution in [-0.4, -0.2) is 26.6 Å². The topological polar surface area (TPSA) is 47.3 Å². The normalized spacial score (nSPS) is 10.6. The molecule has 0 N–H and O–H groups in total. The van der Waals surface area contributed by atoms with E-state index in [0.29, 0.717) is 6.42 Å². The Labute approximate surface area is 85.3 Å². The summed E-state index contributed by atoms with van der Waals surface area (Å²) >= 11 is 1.54. The fourth-order valence-electron chi connectivity index (χ4n) is 1.12. The van der Waals surface area contributed by atoms with Crippen LogP contribution in [0.4, 0.5) is 0 Å². The maximum Gasteiger partial charge on any atom is 0.195 e. The second-order valence-corrected chi connectivity index (χ2v) is 3.78. The lowest BCUT2D eigenvalue weighted by molar-refractivity contribution is -0.107. The number of carbonyl (C=O) groups excluding carboxylic acids is 1. The molecule has 14 heavy (non-hydrogen) atoms. The first-order valence-corrected chi connectivity index (χ1v) is 5.26. The minimum atomic E-state index is 0.548. The van der Waals surface area contributed by atoms with Gasteiger partial charge in [0.05, 0.1) is 0 Å². The van der Waals surface area contributed by atoms with Crippen molar-refractivity contribution in [3.05, 3.63) is 24.4 Å². The summed E-state index contributed by atoms with van der Waals surface area (Å²) in [6.07, 6.45) is 3.38. The van der Waals surface area contributed by atoms with Crippen molar-refractivity contribution in [1.82, 2.24) is 14.6 Å². The molecular formula is C9H9N3OS. The number of nitrogens with zero attached hydrogens (tertiary/aromatic N) is 3. The van der Waals surface area contributed by atoms with Crippen LogP contribution in [0, 0.1) is 0 Å². The van der Waals surface area contributed by atoms with E-state index in [1.54, 1.807) is 0 Å². The molecule has 2 heterocycles. The number of pyridine rings is 1. The lowest BCUT2D eigenvalue weighted by Gasteiger charge is -1.95. The standard InChI is InChI=1S/C9H9N3OS/c13-6-3-7-14-9-11-10-8-4-1-2-5-12(8)9/h1-2,4-6H,3,7H2. The minimum absolute atomic E-state index is 0.548.